The summed E-state index contributed by atoms with van der Waals surface area (Å²) in [6.45, 7) is 1.86. The van der Waals surface area contributed by atoms with E-state index in [9.17, 15) is 4.79 Å². The van der Waals surface area contributed by atoms with Crippen molar-refractivity contribution in [2.75, 3.05) is 7.11 Å². The summed E-state index contributed by atoms with van der Waals surface area (Å²) in [4.78, 5) is 11.2. The monoisotopic (exact) mass is 191 g/mol. The Morgan fingerprint density at radius 3 is 3.00 bits per heavy atom. The van der Waals surface area contributed by atoms with Crippen molar-refractivity contribution in [1.29, 1.82) is 0 Å². The first kappa shape index (κ1) is 8.68. The summed E-state index contributed by atoms with van der Waals surface area (Å²) in [5.41, 5.74) is 2.18. The molecule has 2 rings (SSSR count). The van der Waals surface area contributed by atoms with Crippen LogP contribution in [0.4, 0.5) is 0 Å². The van der Waals surface area contributed by atoms with Crippen molar-refractivity contribution in [1.82, 2.24) is 14.8 Å². The van der Waals surface area contributed by atoms with Crippen LogP contribution in [0.2, 0.25) is 0 Å². The molecular weight excluding hydrogens is 182 g/mol. The second kappa shape index (κ2) is 3.10. The van der Waals surface area contributed by atoms with Crippen LogP contribution in [0.25, 0.3) is 5.52 Å². The zero-order valence-electron chi connectivity index (χ0n) is 7.89. The van der Waals surface area contributed by atoms with Crippen molar-refractivity contribution in [3.8, 4) is 0 Å². The molecule has 0 aliphatic rings. The van der Waals surface area contributed by atoms with Crippen LogP contribution >= 0.6 is 0 Å². The number of methoxy groups -OCH3 is 1. The molecule has 0 N–H and O–H groups in total. The highest BCUT2D eigenvalue weighted by molar-refractivity contribution is 5.89. The Bertz CT molecular complexity index is 490. The normalized spacial score (nSPS) is 10.4. The van der Waals surface area contributed by atoms with E-state index in [1.807, 2.05) is 6.92 Å². The Hall–Kier alpha value is -1.91. The van der Waals surface area contributed by atoms with Gasteiger partial charge in [0, 0.05) is 6.20 Å². The molecule has 0 bridgehead atoms. The number of aryl methyl sites for hydroxylation is 1. The largest absolute Gasteiger partial charge is 0.465 e. The second-order valence-corrected chi connectivity index (χ2v) is 2.91. The van der Waals surface area contributed by atoms with E-state index in [1.165, 1.54) is 7.11 Å². The molecule has 2 aromatic heterocycles. The molecule has 14 heavy (non-hydrogen) atoms. The molecule has 0 fully saturated rings. The van der Waals surface area contributed by atoms with E-state index >= 15 is 0 Å². The van der Waals surface area contributed by atoms with Crippen LogP contribution < -0.4 is 0 Å². The van der Waals surface area contributed by atoms with E-state index in [2.05, 4.69) is 15.0 Å². The van der Waals surface area contributed by atoms with Crippen LogP contribution in [0, 0.1) is 6.92 Å². The highest BCUT2D eigenvalue weighted by Crippen LogP contribution is 2.08. The number of rotatable bonds is 1. The lowest BCUT2D eigenvalue weighted by molar-refractivity contribution is 0.0600. The zero-order valence-corrected chi connectivity index (χ0v) is 7.89. The van der Waals surface area contributed by atoms with Gasteiger partial charge < -0.3 is 4.74 Å². The number of hydrogen-bond acceptors (Lipinski definition) is 4. The van der Waals surface area contributed by atoms with Gasteiger partial charge in [0.15, 0.2) is 0 Å². The lowest BCUT2D eigenvalue weighted by atomic mass is 10.2. The van der Waals surface area contributed by atoms with Gasteiger partial charge in [-0.25, -0.2) is 9.31 Å². The lowest BCUT2D eigenvalue weighted by Gasteiger charge is -1.98. The molecular formula is C9H9N3O2. The summed E-state index contributed by atoms with van der Waals surface area (Å²) in [6.07, 6.45) is 1.60. The molecule has 0 amide bonds. The molecule has 2 heterocycles. The van der Waals surface area contributed by atoms with Crippen molar-refractivity contribution < 1.29 is 9.53 Å². The smallest absolute Gasteiger partial charge is 0.339 e. The van der Waals surface area contributed by atoms with E-state index in [0.29, 0.717) is 5.56 Å². The fraction of sp³-hybridized carbons (Fsp3) is 0.222. The fourth-order valence-corrected chi connectivity index (χ4v) is 1.25. The number of esters is 1. The maximum absolute atomic E-state index is 11.2. The van der Waals surface area contributed by atoms with E-state index in [1.54, 1.807) is 22.8 Å². The van der Waals surface area contributed by atoms with Crippen molar-refractivity contribution in [3.63, 3.8) is 0 Å². The highest BCUT2D eigenvalue weighted by Gasteiger charge is 2.07. The third kappa shape index (κ3) is 1.22. The summed E-state index contributed by atoms with van der Waals surface area (Å²) < 4.78 is 6.15. The molecule has 0 aliphatic heterocycles. The maximum atomic E-state index is 11.2. The zero-order chi connectivity index (χ0) is 10.1. The topological polar surface area (TPSA) is 56.5 Å². The number of hydrogen-bond donors (Lipinski definition) is 0. The van der Waals surface area contributed by atoms with Crippen molar-refractivity contribution >= 4 is 11.5 Å². The summed E-state index contributed by atoms with van der Waals surface area (Å²) >= 11 is 0. The molecule has 0 spiro atoms. The van der Waals surface area contributed by atoms with Gasteiger partial charge >= 0.3 is 5.97 Å². The van der Waals surface area contributed by atoms with Crippen molar-refractivity contribution in [2.45, 2.75) is 6.92 Å². The number of carbonyl (C=O) groups is 1. The molecule has 0 radical (unpaired) electrons. The van der Waals surface area contributed by atoms with Gasteiger partial charge in [0.1, 0.15) is 0 Å². The molecule has 5 nitrogen and oxygen atoms in total. The Morgan fingerprint density at radius 1 is 1.50 bits per heavy atom. The predicted molar refractivity (Wildman–Crippen MR) is 49.1 cm³/mol. The second-order valence-electron chi connectivity index (χ2n) is 2.91. The van der Waals surface area contributed by atoms with E-state index < -0.39 is 0 Å². The van der Waals surface area contributed by atoms with Gasteiger partial charge in [0.25, 0.3) is 0 Å². The Morgan fingerprint density at radius 2 is 2.29 bits per heavy atom. The molecule has 0 aromatic carbocycles. The molecule has 5 heteroatoms. The van der Waals surface area contributed by atoms with Crippen LogP contribution in [0.5, 0.6) is 0 Å². The molecule has 72 valence electrons. The summed E-state index contributed by atoms with van der Waals surface area (Å²) in [7, 11) is 1.35. The van der Waals surface area contributed by atoms with Gasteiger partial charge in [-0.1, -0.05) is 5.21 Å². The van der Waals surface area contributed by atoms with Gasteiger partial charge in [0.2, 0.25) is 0 Å². The summed E-state index contributed by atoms with van der Waals surface area (Å²) in [5.74, 6) is -0.375. The van der Waals surface area contributed by atoms with Crippen molar-refractivity contribution in [3.05, 3.63) is 29.6 Å². The summed E-state index contributed by atoms with van der Waals surface area (Å²) in [6, 6.07) is 3.49. The number of carbonyl (C=O) groups excluding carboxylic acids is 1. The third-order valence-electron chi connectivity index (χ3n) is 2.01. The minimum atomic E-state index is -0.375. The molecule has 0 saturated carbocycles. The van der Waals surface area contributed by atoms with Gasteiger partial charge in [0.05, 0.1) is 23.9 Å². The maximum Gasteiger partial charge on any atom is 0.339 e. The molecule has 2 aromatic rings. The minimum absolute atomic E-state index is 0.375. The predicted octanol–water partition coefficient (Wildman–Crippen LogP) is 0.824. The first-order chi connectivity index (χ1) is 6.72. The van der Waals surface area contributed by atoms with E-state index in [0.717, 1.165) is 11.2 Å². The standard InChI is InChI=1S/C9H9N3O2/c1-6-8-4-3-7(9(13)14-2)5-12(8)11-10-6/h3-5H,1-2H3. The first-order valence-corrected chi connectivity index (χ1v) is 4.12. The van der Waals surface area contributed by atoms with Gasteiger partial charge in [-0.05, 0) is 19.1 Å². The summed E-state index contributed by atoms with van der Waals surface area (Å²) in [5, 5.41) is 7.74. The number of ether oxygens (including phenoxy) is 1. The molecule has 0 atom stereocenters. The van der Waals surface area contributed by atoms with Crippen LogP contribution in [0.1, 0.15) is 16.1 Å². The van der Waals surface area contributed by atoms with Crippen LogP contribution in [0.3, 0.4) is 0 Å². The van der Waals surface area contributed by atoms with Gasteiger partial charge in [-0.2, -0.15) is 0 Å². The highest BCUT2D eigenvalue weighted by atomic mass is 16.5. The average Bonchev–Trinajstić information content (AvgIpc) is 2.59. The molecule has 0 unspecified atom stereocenters. The molecule has 0 aliphatic carbocycles. The fourth-order valence-electron chi connectivity index (χ4n) is 1.25. The molecule has 0 saturated heterocycles. The number of aromatic nitrogens is 3. The van der Waals surface area contributed by atoms with Crippen LogP contribution in [-0.2, 0) is 4.74 Å². The third-order valence-corrected chi connectivity index (χ3v) is 2.01. The van der Waals surface area contributed by atoms with E-state index in [-0.39, 0.29) is 5.97 Å². The number of fused-ring (bicyclic) bond motifs is 1. The van der Waals surface area contributed by atoms with Gasteiger partial charge in [-0.15, -0.1) is 5.10 Å². The average molecular weight is 191 g/mol. The minimum Gasteiger partial charge on any atom is -0.465 e. The Balaban J connectivity index is 2.57. The number of nitrogens with zero attached hydrogens (tertiary/aromatic N) is 3. The van der Waals surface area contributed by atoms with Crippen molar-refractivity contribution in [2.24, 2.45) is 0 Å². The van der Waals surface area contributed by atoms with Crippen LogP contribution in [-0.4, -0.2) is 27.9 Å². The SMILES string of the molecule is COC(=O)c1ccc2c(C)nnn2c1. The van der Waals surface area contributed by atoms with E-state index in [4.69, 9.17) is 0 Å². The van der Waals surface area contributed by atoms with Gasteiger partial charge in [-0.3, -0.25) is 0 Å². The Labute approximate surface area is 80.3 Å². The Kier molecular flexibility index (Phi) is 1.92. The quantitative estimate of drug-likeness (QED) is 0.626. The van der Waals surface area contributed by atoms with Crippen LogP contribution in [0.15, 0.2) is 18.3 Å². The lowest BCUT2D eigenvalue weighted by Crippen LogP contribution is -2.03. The first-order valence-electron chi connectivity index (χ1n) is 4.12. The number of pyridine rings is 1.